The van der Waals surface area contributed by atoms with Gasteiger partial charge in [-0.25, -0.2) is 0 Å². The smallest absolute Gasteiger partial charge is 0.406 e. The summed E-state index contributed by atoms with van der Waals surface area (Å²) in [5.41, 5.74) is 0.398. The molecule has 2 amide bonds. The van der Waals surface area contributed by atoms with Crippen molar-refractivity contribution in [2.75, 3.05) is 13.1 Å². The molecule has 12 heteroatoms. The molecule has 2 N–H and O–H groups in total. The van der Waals surface area contributed by atoms with Gasteiger partial charge in [0.2, 0.25) is 0 Å². The average Bonchev–Trinajstić information content (AvgIpc) is 2.76. The van der Waals surface area contributed by atoms with Crippen LogP contribution in [0.3, 0.4) is 0 Å². The number of nitrogens with one attached hydrogen (secondary N) is 2. The van der Waals surface area contributed by atoms with Crippen LogP contribution in [0.25, 0.3) is 0 Å². The molecule has 0 atom stereocenters. The van der Waals surface area contributed by atoms with Gasteiger partial charge in [-0.1, -0.05) is 12.2 Å². The van der Waals surface area contributed by atoms with E-state index in [1.54, 1.807) is 0 Å². The molecule has 2 rings (SSSR count). The molecule has 0 radical (unpaired) electrons. The Bertz CT molecular complexity index is 987. The lowest BCUT2D eigenvalue weighted by atomic mass is 10.2. The summed E-state index contributed by atoms with van der Waals surface area (Å²) in [6.45, 7) is 0.676. The van der Waals surface area contributed by atoms with Crippen molar-refractivity contribution in [2.45, 2.75) is 32.0 Å². The van der Waals surface area contributed by atoms with Gasteiger partial charge in [0.15, 0.2) is 0 Å². The Morgan fingerprint density at radius 2 is 1.06 bits per heavy atom. The van der Waals surface area contributed by atoms with Crippen molar-refractivity contribution >= 4 is 11.8 Å². The molecule has 0 aromatic heterocycles. The maximum atomic E-state index is 12.1. The summed E-state index contributed by atoms with van der Waals surface area (Å²) in [4.78, 5) is 24.0. The van der Waals surface area contributed by atoms with Gasteiger partial charge < -0.3 is 20.1 Å². The van der Waals surface area contributed by atoms with Crippen LogP contribution in [0.5, 0.6) is 11.5 Å². The van der Waals surface area contributed by atoms with Crippen LogP contribution < -0.4 is 20.1 Å². The van der Waals surface area contributed by atoms with Gasteiger partial charge in [0.25, 0.3) is 11.8 Å². The SMILES string of the molecule is O=C(NCC/C=C\CCCNC(=O)c1ccc(OC(F)(F)F)cc1)c1ccc(OC(F)(F)F)cc1. The standard InChI is InChI=1S/C23H22F6N2O4/c24-22(25,26)34-18-10-6-16(7-11-18)20(32)30-14-4-2-1-3-5-15-31-21(33)17-8-12-19(13-9-17)35-23(27,28)29/h1-2,6-13H,3-5,14-15H2,(H,30,32)(H,31,33)/b2-1-. The van der Waals surface area contributed by atoms with Gasteiger partial charge in [-0.15, -0.1) is 26.3 Å². The Morgan fingerprint density at radius 3 is 1.49 bits per heavy atom. The first-order chi connectivity index (χ1) is 16.4. The molecule has 2 aromatic rings. The first kappa shape index (κ1) is 27.5. The molecule has 0 bridgehead atoms. The van der Waals surface area contributed by atoms with E-state index in [4.69, 9.17) is 0 Å². The normalized spacial score (nSPS) is 11.8. The largest absolute Gasteiger partial charge is 0.573 e. The Kier molecular flexibility index (Phi) is 9.98. The van der Waals surface area contributed by atoms with Gasteiger partial charge >= 0.3 is 12.7 Å². The van der Waals surface area contributed by atoms with Gasteiger partial charge in [-0.05, 0) is 67.8 Å². The summed E-state index contributed by atoms with van der Waals surface area (Å²) >= 11 is 0. The van der Waals surface area contributed by atoms with Crippen molar-refractivity contribution in [3.8, 4) is 11.5 Å². The first-order valence-electron chi connectivity index (χ1n) is 10.4. The topological polar surface area (TPSA) is 76.7 Å². The lowest BCUT2D eigenvalue weighted by Crippen LogP contribution is -2.24. The Morgan fingerprint density at radius 1 is 0.657 bits per heavy atom. The number of hydrogen-bond donors (Lipinski definition) is 2. The zero-order valence-corrected chi connectivity index (χ0v) is 18.2. The number of unbranched alkanes of at least 4 members (excludes halogenated alkanes) is 1. The van der Waals surface area contributed by atoms with Crippen molar-refractivity contribution in [1.82, 2.24) is 10.6 Å². The Hall–Kier alpha value is -3.70. The quantitative estimate of drug-likeness (QED) is 0.245. The van der Waals surface area contributed by atoms with Gasteiger partial charge in [-0.3, -0.25) is 9.59 Å². The fourth-order valence-corrected chi connectivity index (χ4v) is 2.75. The summed E-state index contributed by atoms with van der Waals surface area (Å²) in [5.74, 6) is -1.68. The molecule has 0 saturated carbocycles. The second-order valence-corrected chi connectivity index (χ2v) is 7.06. The van der Waals surface area contributed by atoms with Gasteiger partial charge in [0, 0.05) is 24.2 Å². The van der Waals surface area contributed by atoms with E-state index in [2.05, 4.69) is 20.1 Å². The van der Waals surface area contributed by atoms with Crippen LogP contribution in [-0.2, 0) is 0 Å². The molecule has 0 heterocycles. The monoisotopic (exact) mass is 504 g/mol. The number of amides is 2. The van der Waals surface area contributed by atoms with Crippen LogP contribution in [0.4, 0.5) is 26.3 Å². The maximum Gasteiger partial charge on any atom is 0.573 e. The molecule has 0 aliphatic heterocycles. The van der Waals surface area contributed by atoms with Crippen molar-refractivity contribution < 1.29 is 45.4 Å². The number of allylic oxidation sites excluding steroid dienone is 1. The third-order valence-electron chi connectivity index (χ3n) is 4.30. The number of rotatable bonds is 11. The van der Waals surface area contributed by atoms with Gasteiger partial charge in [-0.2, -0.15) is 0 Å². The maximum absolute atomic E-state index is 12.1. The van der Waals surface area contributed by atoms with Crippen LogP contribution in [0.2, 0.25) is 0 Å². The minimum atomic E-state index is -4.80. The highest BCUT2D eigenvalue weighted by molar-refractivity contribution is 5.94. The van der Waals surface area contributed by atoms with Gasteiger partial charge in [0.05, 0.1) is 0 Å². The minimum absolute atomic E-state index is 0.196. The summed E-state index contributed by atoms with van der Waals surface area (Å²) in [5, 5.41) is 5.29. The van der Waals surface area contributed by atoms with Crippen LogP contribution in [0.15, 0.2) is 60.7 Å². The zero-order chi connectivity index (χ0) is 25.9. The van der Waals surface area contributed by atoms with Crippen LogP contribution in [0.1, 0.15) is 40.0 Å². The lowest BCUT2D eigenvalue weighted by Gasteiger charge is -2.09. The molecule has 0 spiro atoms. The van der Waals surface area contributed by atoms with Crippen molar-refractivity contribution in [2.24, 2.45) is 0 Å². The van der Waals surface area contributed by atoms with E-state index >= 15 is 0 Å². The molecule has 35 heavy (non-hydrogen) atoms. The molecule has 0 aliphatic carbocycles. The van der Waals surface area contributed by atoms with E-state index < -0.39 is 36.0 Å². The number of ether oxygens (including phenoxy) is 2. The second kappa shape index (κ2) is 12.7. The number of halogens is 6. The highest BCUT2D eigenvalue weighted by Crippen LogP contribution is 2.23. The molecule has 190 valence electrons. The van der Waals surface area contributed by atoms with E-state index in [1.165, 1.54) is 24.3 Å². The number of alkyl halides is 6. The molecule has 0 fully saturated rings. The van der Waals surface area contributed by atoms with Crippen molar-refractivity contribution in [3.63, 3.8) is 0 Å². The third kappa shape index (κ3) is 11.3. The molecule has 0 aliphatic rings. The van der Waals surface area contributed by atoms with Crippen LogP contribution in [-0.4, -0.2) is 37.6 Å². The number of carbonyl (C=O) groups is 2. The molecular formula is C23H22F6N2O4. The summed E-state index contributed by atoms with van der Waals surface area (Å²) < 4.78 is 80.3. The summed E-state index contributed by atoms with van der Waals surface area (Å²) in [6, 6.07) is 9.14. The Balaban J connectivity index is 1.58. The Labute approximate surface area is 196 Å². The van der Waals surface area contributed by atoms with Gasteiger partial charge in [0.1, 0.15) is 11.5 Å². The van der Waals surface area contributed by atoms with Crippen molar-refractivity contribution in [3.05, 3.63) is 71.8 Å². The van der Waals surface area contributed by atoms with Crippen molar-refractivity contribution in [1.29, 1.82) is 0 Å². The predicted molar refractivity (Wildman–Crippen MR) is 114 cm³/mol. The molecule has 2 aromatic carbocycles. The molecule has 0 unspecified atom stereocenters. The zero-order valence-electron chi connectivity index (χ0n) is 18.2. The summed E-state index contributed by atoms with van der Waals surface area (Å²) in [7, 11) is 0. The molecule has 0 saturated heterocycles. The predicted octanol–water partition coefficient (Wildman–Crippen LogP) is 5.37. The first-order valence-corrected chi connectivity index (χ1v) is 10.4. The number of benzene rings is 2. The van der Waals surface area contributed by atoms with E-state index in [0.717, 1.165) is 24.3 Å². The highest BCUT2D eigenvalue weighted by atomic mass is 19.4. The molecule has 6 nitrogen and oxygen atoms in total. The highest BCUT2D eigenvalue weighted by Gasteiger charge is 2.31. The van der Waals surface area contributed by atoms with Crippen LogP contribution in [0, 0.1) is 0 Å². The van der Waals surface area contributed by atoms with Crippen LogP contribution >= 0.6 is 0 Å². The number of hydrogen-bond acceptors (Lipinski definition) is 4. The van der Waals surface area contributed by atoms with E-state index in [1.807, 2.05) is 12.2 Å². The fourth-order valence-electron chi connectivity index (χ4n) is 2.75. The van der Waals surface area contributed by atoms with E-state index in [0.29, 0.717) is 32.4 Å². The third-order valence-corrected chi connectivity index (χ3v) is 4.30. The average molecular weight is 504 g/mol. The minimum Gasteiger partial charge on any atom is -0.406 e. The van der Waals surface area contributed by atoms with E-state index in [9.17, 15) is 35.9 Å². The summed E-state index contributed by atoms with van der Waals surface area (Å²) in [6.07, 6.45) is -4.10. The fraction of sp³-hybridized carbons (Fsp3) is 0.304. The number of carbonyl (C=O) groups excluding carboxylic acids is 2. The lowest BCUT2D eigenvalue weighted by molar-refractivity contribution is -0.275. The second-order valence-electron chi connectivity index (χ2n) is 7.06. The molecular weight excluding hydrogens is 482 g/mol. The van der Waals surface area contributed by atoms with E-state index in [-0.39, 0.29) is 11.1 Å².